The quantitative estimate of drug-likeness (QED) is 0.817. The van der Waals surface area contributed by atoms with Crippen LogP contribution in [-0.4, -0.2) is 35.3 Å². The highest BCUT2D eigenvalue weighted by molar-refractivity contribution is 6.28. The Kier molecular flexibility index (Phi) is 3.69. The summed E-state index contributed by atoms with van der Waals surface area (Å²) in [6.45, 7) is 5.63. The van der Waals surface area contributed by atoms with Crippen molar-refractivity contribution in [3.8, 4) is 0 Å². The van der Waals surface area contributed by atoms with Gasteiger partial charge in [0, 0.05) is 6.54 Å². The van der Waals surface area contributed by atoms with Crippen molar-refractivity contribution in [2.24, 2.45) is 0 Å². The van der Waals surface area contributed by atoms with Crippen LogP contribution < -0.4 is 10.6 Å². The summed E-state index contributed by atoms with van der Waals surface area (Å²) >= 11 is 5.83. The third-order valence-corrected chi connectivity index (χ3v) is 3.16. The van der Waals surface area contributed by atoms with Crippen LogP contribution in [0.15, 0.2) is 6.20 Å². The number of ether oxygens (including phenoxy) is 1. The maximum Gasteiger partial charge on any atom is 0.224 e. The Labute approximate surface area is 106 Å². The molecule has 1 saturated heterocycles. The van der Waals surface area contributed by atoms with Crippen LogP contribution in [0.4, 0.5) is 11.5 Å². The number of hydrogen-bond donors (Lipinski definition) is 1. The first-order valence-corrected chi connectivity index (χ1v) is 6.15. The molecule has 0 bridgehead atoms. The number of morpholine rings is 1. The van der Waals surface area contributed by atoms with Crippen molar-refractivity contribution in [3.63, 3.8) is 0 Å². The normalized spacial score (nSPS) is 25.0. The van der Waals surface area contributed by atoms with E-state index in [-0.39, 0.29) is 11.4 Å². The Morgan fingerprint density at radius 2 is 2.41 bits per heavy atom. The fourth-order valence-corrected chi connectivity index (χ4v) is 2.16. The van der Waals surface area contributed by atoms with Gasteiger partial charge in [-0.1, -0.05) is 6.92 Å². The van der Waals surface area contributed by atoms with Crippen LogP contribution >= 0.6 is 11.6 Å². The first-order chi connectivity index (χ1) is 8.11. The first kappa shape index (κ1) is 12.4. The summed E-state index contributed by atoms with van der Waals surface area (Å²) < 4.78 is 5.64. The molecule has 0 radical (unpaired) electrons. The maximum absolute atomic E-state index is 5.92. The molecular weight excluding hydrogens is 240 g/mol. The molecule has 1 aromatic rings. The summed E-state index contributed by atoms with van der Waals surface area (Å²) in [6, 6.07) is 0.291. The van der Waals surface area contributed by atoms with Crippen LogP contribution in [0.2, 0.25) is 5.28 Å². The standard InChI is InChI=1S/C11H17ClN4O/c1-3-8-6-17-7(2)5-16(8)10-9(13)4-14-11(12)15-10/h4,7-8H,3,5-6,13H2,1-2H3. The third kappa shape index (κ3) is 2.61. The molecule has 0 amide bonds. The van der Waals surface area contributed by atoms with Gasteiger partial charge in [-0.05, 0) is 24.9 Å². The molecule has 2 rings (SSSR count). The zero-order chi connectivity index (χ0) is 12.4. The number of aromatic nitrogens is 2. The van der Waals surface area contributed by atoms with E-state index in [4.69, 9.17) is 22.1 Å². The maximum atomic E-state index is 5.92. The molecule has 2 heterocycles. The van der Waals surface area contributed by atoms with Crippen LogP contribution in [-0.2, 0) is 4.74 Å². The van der Waals surface area contributed by atoms with Crippen molar-refractivity contribution in [1.82, 2.24) is 9.97 Å². The lowest BCUT2D eigenvalue weighted by atomic mass is 10.1. The predicted molar refractivity (Wildman–Crippen MR) is 68.3 cm³/mol. The zero-order valence-corrected chi connectivity index (χ0v) is 10.8. The Morgan fingerprint density at radius 1 is 1.65 bits per heavy atom. The Hall–Kier alpha value is -1.07. The van der Waals surface area contributed by atoms with Gasteiger partial charge >= 0.3 is 0 Å². The molecule has 1 fully saturated rings. The molecule has 1 aliphatic heterocycles. The minimum absolute atomic E-state index is 0.172. The van der Waals surface area contributed by atoms with Gasteiger partial charge in [0.2, 0.25) is 5.28 Å². The van der Waals surface area contributed by atoms with Gasteiger partial charge in [-0.3, -0.25) is 0 Å². The van der Waals surface area contributed by atoms with Crippen LogP contribution in [0.3, 0.4) is 0 Å². The molecule has 5 nitrogen and oxygen atoms in total. The van der Waals surface area contributed by atoms with Crippen LogP contribution in [0.1, 0.15) is 20.3 Å². The van der Waals surface area contributed by atoms with Gasteiger partial charge in [-0.15, -0.1) is 0 Å². The lowest BCUT2D eigenvalue weighted by molar-refractivity contribution is 0.0297. The van der Waals surface area contributed by atoms with E-state index in [1.807, 2.05) is 6.92 Å². The second kappa shape index (κ2) is 5.06. The molecule has 0 saturated carbocycles. The molecule has 2 N–H and O–H groups in total. The van der Waals surface area contributed by atoms with Gasteiger partial charge in [0.25, 0.3) is 0 Å². The third-order valence-electron chi connectivity index (χ3n) is 2.98. The average molecular weight is 257 g/mol. The Bertz CT molecular complexity index is 401. The Balaban J connectivity index is 2.31. The molecule has 0 aliphatic carbocycles. The largest absolute Gasteiger partial charge is 0.394 e. The van der Waals surface area contributed by atoms with Crippen molar-refractivity contribution in [2.45, 2.75) is 32.4 Å². The number of halogens is 1. The summed E-state index contributed by atoms with van der Waals surface area (Å²) in [5, 5.41) is 0.225. The van der Waals surface area contributed by atoms with E-state index < -0.39 is 0 Å². The van der Waals surface area contributed by atoms with Crippen molar-refractivity contribution in [3.05, 3.63) is 11.5 Å². The SMILES string of the molecule is CCC1COC(C)CN1c1nc(Cl)ncc1N. The highest BCUT2D eigenvalue weighted by atomic mass is 35.5. The zero-order valence-electron chi connectivity index (χ0n) is 10.1. The molecule has 1 aromatic heterocycles. The number of anilines is 2. The topological polar surface area (TPSA) is 64.3 Å². The molecule has 2 atom stereocenters. The highest BCUT2D eigenvalue weighted by Gasteiger charge is 2.28. The lowest BCUT2D eigenvalue weighted by Crippen LogP contribution is -2.49. The van der Waals surface area contributed by atoms with E-state index in [1.165, 1.54) is 0 Å². The van der Waals surface area contributed by atoms with Crippen molar-refractivity contribution in [1.29, 1.82) is 0 Å². The summed E-state index contributed by atoms with van der Waals surface area (Å²) in [4.78, 5) is 10.3. The molecule has 17 heavy (non-hydrogen) atoms. The minimum atomic E-state index is 0.172. The van der Waals surface area contributed by atoms with Gasteiger partial charge in [-0.25, -0.2) is 4.98 Å². The van der Waals surface area contributed by atoms with E-state index in [2.05, 4.69) is 21.8 Å². The summed E-state index contributed by atoms with van der Waals surface area (Å²) in [7, 11) is 0. The van der Waals surface area contributed by atoms with E-state index in [0.29, 0.717) is 24.2 Å². The average Bonchev–Trinajstić information content (AvgIpc) is 2.32. The molecule has 94 valence electrons. The molecule has 1 aliphatic rings. The molecular formula is C11H17ClN4O. The number of hydrogen-bond acceptors (Lipinski definition) is 5. The summed E-state index contributed by atoms with van der Waals surface area (Å²) in [5.41, 5.74) is 6.47. The number of rotatable bonds is 2. The van der Waals surface area contributed by atoms with Gasteiger partial charge in [0.15, 0.2) is 5.82 Å². The lowest BCUT2D eigenvalue weighted by Gasteiger charge is -2.39. The van der Waals surface area contributed by atoms with E-state index in [0.717, 1.165) is 13.0 Å². The van der Waals surface area contributed by atoms with E-state index >= 15 is 0 Å². The molecule has 0 aromatic carbocycles. The minimum Gasteiger partial charge on any atom is -0.394 e. The first-order valence-electron chi connectivity index (χ1n) is 5.78. The van der Waals surface area contributed by atoms with Crippen molar-refractivity contribution >= 4 is 23.1 Å². The number of nitrogen functional groups attached to an aromatic ring is 1. The summed E-state index contributed by atoms with van der Waals surface area (Å²) in [6.07, 6.45) is 2.71. The van der Waals surface area contributed by atoms with Gasteiger partial charge in [-0.2, -0.15) is 4.98 Å². The predicted octanol–water partition coefficient (Wildman–Crippen LogP) is 1.72. The monoisotopic (exact) mass is 256 g/mol. The van der Waals surface area contributed by atoms with Crippen LogP contribution in [0, 0.1) is 0 Å². The molecule has 6 heteroatoms. The fourth-order valence-electron chi connectivity index (χ4n) is 2.03. The van der Waals surface area contributed by atoms with Gasteiger partial charge < -0.3 is 15.4 Å². The fraction of sp³-hybridized carbons (Fsp3) is 0.636. The van der Waals surface area contributed by atoms with E-state index in [1.54, 1.807) is 6.20 Å². The van der Waals surface area contributed by atoms with Crippen molar-refractivity contribution < 1.29 is 4.74 Å². The highest BCUT2D eigenvalue weighted by Crippen LogP contribution is 2.27. The molecule has 0 spiro atoms. The van der Waals surface area contributed by atoms with Gasteiger partial charge in [0.05, 0.1) is 30.6 Å². The number of nitrogens with two attached hydrogens (primary N) is 1. The number of nitrogens with zero attached hydrogens (tertiary/aromatic N) is 3. The second-order valence-corrected chi connectivity index (χ2v) is 4.61. The molecule has 2 unspecified atom stereocenters. The van der Waals surface area contributed by atoms with Crippen LogP contribution in [0.25, 0.3) is 0 Å². The summed E-state index contributed by atoms with van der Waals surface area (Å²) in [5.74, 6) is 0.715. The van der Waals surface area contributed by atoms with Gasteiger partial charge in [0.1, 0.15) is 0 Å². The smallest absolute Gasteiger partial charge is 0.224 e. The van der Waals surface area contributed by atoms with E-state index in [9.17, 15) is 0 Å². The van der Waals surface area contributed by atoms with Crippen molar-refractivity contribution in [2.75, 3.05) is 23.8 Å². The second-order valence-electron chi connectivity index (χ2n) is 4.28. The Morgan fingerprint density at radius 3 is 3.12 bits per heavy atom. The van der Waals surface area contributed by atoms with Crippen LogP contribution in [0.5, 0.6) is 0 Å².